The maximum absolute atomic E-state index is 12.5. The number of rotatable bonds is 6. The van der Waals surface area contributed by atoms with Crippen molar-refractivity contribution in [2.75, 3.05) is 6.61 Å². The van der Waals surface area contributed by atoms with Crippen LogP contribution in [0.4, 0.5) is 4.79 Å². The molecular weight excluding hydrogens is 392 g/mol. The Balaban J connectivity index is 1.44. The van der Waals surface area contributed by atoms with E-state index in [0.717, 1.165) is 39.2 Å². The van der Waals surface area contributed by atoms with Crippen LogP contribution in [0, 0.1) is 13.8 Å². The number of carbonyl (C=O) groups excluding carboxylic acids is 1. The molecule has 3 aromatic rings. The number of aromatic nitrogens is 1. The smallest absolute Gasteiger partial charge is 0.407 e. The number of carboxylic acid groups (broad SMARTS) is 1. The molecular formula is C25H24N2O4. The first-order chi connectivity index (χ1) is 14.9. The molecule has 158 valence electrons. The summed E-state index contributed by atoms with van der Waals surface area (Å²) in [5, 5.41) is 12.1. The standard InChI is InChI=1S/C25H24N2O4/c1-15-11-12-17(16(2)26-15)13-23(24(28)29)27-25(30)31-14-22-20-9-5-3-7-18(20)19-8-4-6-10-21(19)22/h3-12,22-23H,13-14H2,1-2H3,(H,27,30)(H,28,29)/t23-/m0/s1. The largest absolute Gasteiger partial charge is 0.480 e. The summed E-state index contributed by atoms with van der Waals surface area (Å²) in [5.74, 6) is -1.20. The zero-order valence-electron chi connectivity index (χ0n) is 17.5. The SMILES string of the molecule is Cc1ccc(C[C@H](NC(=O)OCC2c3ccccc3-c3ccccc32)C(=O)O)c(C)n1. The van der Waals surface area contributed by atoms with Gasteiger partial charge in [-0.1, -0.05) is 54.6 Å². The summed E-state index contributed by atoms with van der Waals surface area (Å²) in [5.41, 5.74) is 6.87. The molecule has 1 amide bonds. The highest BCUT2D eigenvalue weighted by atomic mass is 16.5. The number of benzene rings is 2. The van der Waals surface area contributed by atoms with Gasteiger partial charge in [0, 0.05) is 23.7 Å². The second kappa shape index (κ2) is 8.60. The molecule has 1 aromatic heterocycles. The molecule has 4 rings (SSSR count). The first-order valence-electron chi connectivity index (χ1n) is 10.2. The van der Waals surface area contributed by atoms with Crippen LogP contribution in [-0.2, 0) is 16.0 Å². The van der Waals surface area contributed by atoms with E-state index >= 15 is 0 Å². The molecule has 0 aliphatic heterocycles. The Kier molecular flexibility index (Phi) is 5.71. The number of hydrogen-bond acceptors (Lipinski definition) is 4. The van der Waals surface area contributed by atoms with Gasteiger partial charge in [-0.2, -0.15) is 0 Å². The molecule has 0 saturated carbocycles. The minimum atomic E-state index is -1.12. The molecule has 0 spiro atoms. The van der Waals surface area contributed by atoms with Crippen molar-refractivity contribution in [2.45, 2.75) is 32.2 Å². The fraction of sp³-hybridized carbons (Fsp3) is 0.240. The van der Waals surface area contributed by atoms with Gasteiger partial charge in [0.2, 0.25) is 0 Å². The lowest BCUT2D eigenvalue weighted by atomic mass is 9.98. The molecule has 0 radical (unpaired) electrons. The van der Waals surface area contributed by atoms with Crippen LogP contribution in [0.15, 0.2) is 60.7 Å². The number of nitrogens with zero attached hydrogens (tertiary/aromatic N) is 1. The summed E-state index contributed by atoms with van der Waals surface area (Å²) in [6.45, 7) is 3.84. The van der Waals surface area contributed by atoms with E-state index in [2.05, 4.69) is 22.4 Å². The van der Waals surface area contributed by atoms with E-state index in [4.69, 9.17) is 4.74 Å². The van der Waals surface area contributed by atoms with E-state index in [-0.39, 0.29) is 18.9 Å². The number of carboxylic acids is 1. The van der Waals surface area contributed by atoms with Crippen LogP contribution in [0.25, 0.3) is 11.1 Å². The van der Waals surface area contributed by atoms with Crippen LogP contribution in [0.1, 0.15) is 34.0 Å². The Bertz CT molecular complexity index is 1100. The third-order valence-corrected chi connectivity index (χ3v) is 5.69. The van der Waals surface area contributed by atoms with Crippen LogP contribution in [0.2, 0.25) is 0 Å². The van der Waals surface area contributed by atoms with Crippen molar-refractivity contribution in [1.29, 1.82) is 0 Å². The molecule has 1 atom stereocenters. The molecule has 0 fully saturated rings. The Hall–Kier alpha value is -3.67. The van der Waals surface area contributed by atoms with Crippen molar-refractivity contribution < 1.29 is 19.4 Å². The molecule has 1 heterocycles. The van der Waals surface area contributed by atoms with Crippen LogP contribution in [0.5, 0.6) is 0 Å². The van der Waals surface area contributed by atoms with Gasteiger partial charge in [0.05, 0.1) is 0 Å². The van der Waals surface area contributed by atoms with Gasteiger partial charge in [-0.3, -0.25) is 4.98 Å². The lowest BCUT2D eigenvalue weighted by Gasteiger charge is -2.18. The molecule has 1 aliphatic carbocycles. The van der Waals surface area contributed by atoms with Gasteiger partial charge >= 0.3 is 12.1 Å². The molecule has 6 nitrogen and oxygen atoms in total. The number of ether oxygens (including phenoxy) is 1. The highest BCUT2D eigenvalue weighted by Gasteiger charge is 2.30. The van der Waals surface area contributed by atoms with Crippen molar-refractivity contribution in [2.24, 2.45) is 0 Å². The summed E-state index contributed by atoms with van der Waals surface area (Å²) in [6, 6.07) is 18.7. The van der Waals surface area contributed by atoms with E-state index in [1.807, 2.05) is 62.4 Å². The van der Waals surface area contributed by atoms with Crippen molar-refractivity contribution in [1.82, 2.24) is 10.3 Å². The summed E-state index contributed by atoms with van der Waals surface area (Å²) in [6.07, 6.45) is -0.606. The molecule has 1 aliphatic rings. The number of pyridine rings is 1. The van der Waals surface area contributed by atoms with Crippen molar-refractivity contribution in [3.8, 4) is 11.1 Å². The Morgan fingerprint density at radius 3 is 2.19 bits per heavy atom. The fourth-order valence-corrected chi connectivity index (χ4v) is 4.13. The fourth-order valence-electron chi connectivity index (χ4n) is 4.13. The third-order valence-electron chi connectivity index (χ3n) is 5.69. The van der Waals surface area contributed by atoms with Crippen molar-refractivity contribution in [3.05, 3.63) is 88.7 Å². The number of nitrogens with one attached hydrogen (secondary N) is 1. The van der Waals surface area contributed by atoms with Crippen LogP contribution >= 0.6 is 0 Å². The zero-order valence-corrected chi connectivity index (χ0v) is 17.5. The predicted molar refractivity (Wildman–Crippen MR) is 117 cm³/mol. The molecule has 2 aromatic carbocycles. The number of hydrogen-bond donors (Lipinski definition) is 2. The molecule has 2 N–H and O–H groups in total. The minimum absolute atomic E-state index is 0.0787. The average molecular weight is 416 g/mol. The topological polar surface area (TPSA) is 88.5 Å². The number of fused-ring (bicyclic) bond motifs is 3. The first-order valence-corrected chi connectivity index (χ1v) is 10.2. The molecule has 0 bridgehead atoms. The lowest BCUT2D eigenvalue weighted by Crippen LogP contribution is -2.43. The first kappa shape index (κ1) is 20.6. The highest BCUT2D eigenvalue weighted by molar-refractivity contribution is 5.81. The van der Waals surface area contributed by atoms with Crippen molar-refractivity contribution >= 4 is 12.1 Å². The zero-order chi connectivity index (χ0) is 22.0. The molecule has 6 heteroatoms. The van der Waals surface area contributed by atoms with Gasteiger partial charge in [-0.25, -0.2) is 9.59 Å². The second-order valence-electron chi connectivity index (χ2n) is 7.76. The monoisotopic (exact) mass is 416 g/mol. The summed E-state index contributed by atoms with van der Waals surface area (Å²) in [4.78, 5) is 28.5. The average Bonchev–Trinajstić information content (AvgIpc) is 3.07. The number of aryl methyl sites for hydroxylation is 2. The van der Waals surface area contributed by atoms with Gasteiger partial charge in [-0.05, 0) is 47.7 Å². The maximum Gasteiger partial charge on any atom is 0.407 e. The second-order valence-corrected chi connectivity index (χ2v) is 7.76. The lowest BCUT2D eigenvalue weighted by molar-refractivity contribution is -0.139. The summed E-state index contributed by atoms with van der Waals surface area (Å²) in [7, 11) is 0. The minimum Gasteiger partial charge on any atom is -0.480 e. The Morgan fingerprint density at radius 2 is 1.61 bits per heavy atom. The number of amides is 1. The molecule has 0 unspecified atom stereocenters. The number of carbonyl (C=O) groups is 2. The van der Waals surface area contributed by atoms with Gasteiger partial charge in [-0.15, -0.1) is 0 Å². The maximum atomic E-state index is 12.5. The molecule has 31 heavy (non-hydrogen) atoms. The third kappa shape index (κ3) is 4.28. The van der Waals surface area contributed by atoms with E-state index in [0.29, 0.717) is 0 Å². The Morgan fingerprint density at radius 1 is 1.00 bits per heavy atom. The van der Waals surface area contributed by atoms with Gasteiger partial charge in [0.1, 0.15) is 12.6 Å². The van der Waals surface area contributed by atoms with E-state index in [1.165, 1.54) is 0 Å². The van der Waals surface area contributed by atoms with E-state index in [9.17, 15) is 14.7 Å². The Labute approximate surface area is 180 Å². The number of aliphatic carboxylic acids is 1. The highest BCUT2D eigenvalue weighted by Crippen LogP contribution is 2.44. The van der Waals surface area contributed by atoms with Gasteiger partial charge < -0.3 is 15.2 Å². The van der Waals surface area contributed by atoms with Crippen LogP contribution < -0.4 is 5.32 Å². The van der Waals surface area contributed by atoms with Crippen molar-refractivity contribution in [3.63, 3.8) is 0 Å². The summed E-state index contributed by atoms with van der Waals surface area (Å²) < 4.78 is 5.48. The normalized spacial score (nSPS) is 13.2. The van der Waals surface area contributed by atoms with Crippen LogP contribution in [0.3, 0.4) is 0 Å². The quantitative estimate of drug-likeness (QED) is 0.628. The van der Waals surface area contributed by atoms with Gasteiger partial charge in [0.15, 0.2) is 0 Å². The predicted octanol–water partition coefficient (Wildman–Crippen LogP) is 4.23. The van der Waals surface area contributed by atoms with E-state index in [1.54, 1.807) is 0 Å². The number of alkyl carbamates (subject to hydrolysis) is 1. The van der Waals surface area contributed by atoms with Crippen LogP contribution in [-0.4, -0.2) is 34.8 Å². The van der Waals surface area contributed by atoms with Gasteiger partial charge in [0.25, 0.3) is 0 Å². The van der Waals surface area contributed by atoms with E-state index < -0.39 is 18.1 Å². The molecule has 0 saturated heterocycles. The summed E-state index contributed by atoms with van der Waals surface area (Å²) >= 11 is 0.